The van der Waals surface area contributed by atoms with Gasteiger partial charge in [-0.15, -0.1) is 0 Å². The molecular formula is C20H14F2N4O3. The molecule has 3 N–H and O–H groups in total. The summed E-state index contributed by atoms with van der Waals surface area (Å²) in [6.45, 7) is 0.194. The predicted molar refractivity (Wildman–Crippen MR) is 101 cm³/mol. The highest BCUT2D eigenvalue weighted by molar-refractivity contribution is 5.90. The van der Waals surface area contributed by atoms with Crippen LogP contribution in [0.25, 0.3) is 11.1 Å². The fourth-order valence-corrected chi connectivity index (χ4v) is 2.67. The lowest BCUT2D eigenvalue weighted by Crippen LogP contribution is -2.13. The van der Waals surface area contributed by atoms with Crippen LogP contribution in [0.15, 0.2) is 59.1 Å². The van der Waals surface area contributed by atoms with Crippen molar-refractivity contribution in [2.45, 2.75) is 6.61 Å². The van der Waals surface area contributed by atoms with Gasteiger partial charge in [0.25, 0.3) is 11.9 Å². The molecule has 1 amide bonds. The number of hydrogen-bond acceptors (Lipinski definition) is 6. The molecule has 29 heavy (non-hydrogen) atoms. The zero-order valence-electron chi connectivity index (χ0n) is 14.9. The smallest absolute Gasteiger partial charge is 0.300 e. The fourth-order valence-electron chi connectivity index (χ4n) is 2.67. The number of amides is 1. The second-order valence-corrected chi connectivity index (χ2v) is 6.13. The largest absolute Gasteiger partial charge is 0.489 e. The number of hydrogen-bond donors (Lipinski definition) is 2. The van der Waals surface area contributed by atoms with Crippen molar-refractivity contribution in [3.8, 4) is 5.75 Å². The summed E-state index contributed by atoms with van der Waals surface area (Å²) in [4.78, 5) is 19.3. The number of benzene rings is 2. The molecule has 4 aromatic rings. The van der Waals surface area contributed by atoms with Crippen LogP contribution in [0.2, 0.25) is 0 Å². The van der Waals surface area contributed by atoms with Crippen molar-refractivity contribution in [2.75, 3.05) is 5.32 Å². The number of oxazole rings is 1. The zero-order valence-corrected chi connectivity index (χ0v) is 14.9. The first-order valence-corrected chi connectivity index (χ1v) is 8.47. The summed E-state index contributed by atoms with van der Waals surface area (Å²) in [7, 11) is 0. The van der Waals surface area contributed by atoms with Gasteiger partial charge in [0.05, 0.1) is 0 Å². The van der Waals surface area contributed by atoms with E-state index in [2.05, 4.69) is 15.3 Å². The maximum atomic E-state index is 13.3. The molecule has 0 saturated carbocycles. The Hall–Kier alpha value is -4.01. The maximum absolute atomic E-state index is 13.3. The molecule has 0 aliphatic carbocycles. The minimum Gasteiger partial charge on any atom is -0.489 e. The third kappa shape index (κ3) is 4.29. The van der Waals surface area contributed by atoms with Crippen LogP contribution >= 0.6 is 0 Å². The van der Waals surface area contributed by atoms with Crippen molar-refractivity contribution in [3.05, 3.63) is 77.6 Å². The first-order valence-electron chi connectivity index (χ1n) is 8.47. The van der Waals surface area contributed by atoms with Gasteiger partial charge in [-0.2, -0.15) is 4.98 Å². The average molecular weight is 396 g/mol. The lowest BCUT2D eigenvalue weighted by Gasteiger charge is -2.06. The van der Waals surface area contributed by atoms with Gasteiger partial charge < -0.3 is 20.2 Å². The number of nitrogens with zero attached hydrogens (tertiary/aromatic N) is 2. The molecule has 0 atom stereocenters. The van der Waals surface area contributed by atoms with Gasteiger partial charge in [0.1, 0.15) is 35.2 Å². The van der Waals surface area contributed by atoms with E-state index in [0.717, 1.165) is 23.8 Å². The molecule has 0 fully saturated rings. The highest BCUT2D eigenvalue weighted by Gasteiger charge is 2.10. The monoisotopic (exact) mass is 396 g/mol. The van der Waals surface area contributed by atoms with Gasteiger partial charge in [-0.3, -0.25) is 9.78 Å². The number of pyridine rings is 1. The Morgan fingerprint density at radius 1 is 1.10 bits per heavy atom. The molecule has 146 valence electrons. The summed E-state index contributed by atoms with van der Waals surface area (Å²) in [5.74, 6) is -1.52. The number of carbonyl (C=O) groups is 1. The van der Waals surface area contributed by atoms with E-state index < -0.39 is 17.5 Å². The van der Waals surface area contributed by atoms with Crippen molar-refractivity contribution < 1.29 is 22.7 Å². The van der Waals surface area contributed by atoms with Gasteiger partial charge in [0.2, 0.25) is 0 Å². The van der Waals surface area contributed by atoms with E-state index in [-0.39, 0.29) is 24.0 Å². The number of rotatable bonds is 6. The molecule has 2 aromatic heterocycles. The van der Waals surface area contributed by atoms with Crippen molar-refractivity contribution in [1.82, 2.24) is 9.97 Å². The Kier molecular flexibility index (Phi) is 4.78. The molecule has 2 aromatic carbocycles. The van der Waals surface area contributed by atoms with Gasteiger partial charge in [0.15, 0.2) is 5.58 Å². The van der Waals surface area contributed by atoms with E-state index in [9.17, 15) is 13.6 Å². The number of anilines is 2. The molecule has 0 aliphatic heterocycles. The van der Waals surface area contributed by atoms with Crippen LogP contribution in [0, 0.1) is 11.6 Å². The molecule has 0 bridgehead atoms. The lowest BCUT2D eigenvalue weighted by atomic mass is 10.2. The quantitative estimate of drug-likeness (QED) is 0.512. The van der Waals surface area contributed by atoms with E-state index in [1.54, 1.807) is 30.3 Å². The van der Waals surface area contributed by atoms with Crippen LogP contribution in [0.3, 0.4) is 0 Å². The molecule has 0 radical (unpaired) electrons. The van der Waals surface area contributed by atoms with E-state index in [0.29, 0.717) is 16.8 Å². The highest BCUT2D eigenvalue weighted by atomic mass is 19.1. The van der Waals surface area contributed by atoms with Crippen molar-refractivity contribution >= 4 is 28.7 Å². The van der Waals surface area contributed by atoms with Crippen LogP contribution in [0.5, 0.6) is 5.75 Å². The summed E-state index contributed by atoms with van der Waals surface area (Å²) in [5, 5.41) is 2.72. The molecular weight excluding hydrogens is 382 g/mol. The molecule has 0 saturated heterocycles. The Bertz CT molecular complexity index is 1190. The number of nitrogens with one attached hydrogen (secondary N) is 1. The molecule has 0 spiro atoms. The van der Waals surface area contributed by atoms with Crippen LogP contribution in [-0.2, 0) is 6.61 Å². The van der Waals surface area contributed by atoms with E-state index in [1.807, 2.05) is 0 Å². The normalized spacial score (nSPS) is 10.8. The third-order valence-corrected chi connectivity index (χ3v) is 3.96. The van der Waals surface area contributed by atoms with Gasteiger partial charge in [-0.05, 0) is 42.0 Å². The minimum absolute atomic E-state index is 0.0855. The summed E-state index contributed by atoms with van der Waals surface area (Å²) < 4.78 is 37.9. The number of primary amides is 1. The standard InChI is InChI=1S/C20H14F2N4O3/c21-12-6-13(22)8-14(7-12)25-20-26-16-9-15(1-2-18(16)29-20)28-10-11-3-4-24-17(5-11)19(23)27/h1-9H,10H2,(H2,23,27)(H,25,26). The van der Waals surface area contributed by atoms with Crippen LogP contribution in [-0.4, -0.2) is 15.9 Å². The summed E-state index contributed by atoms with van der Waals surface area (Å²) >= 11 is 0. The highest BCUT2D eigenvalue weighted by Crippen LogP contribution is 2.26. The van der Waals surface area contributed by atoms with Crippen molar-refractivity contribution in [2.24, 2.45) is 5.73 Å². The van der Waals surface area contributed by atoms with Crippen molar-refractivity contribution in [1.29, 1.82) is 0 Å². The zero-order chi connectivity index (χ0) is 20.4. The van der Waals surface area contributed by atoms with Crippen LogP contribution in [0.4, 0.5) is 20.5 Å². The number of halogens is 2. The average Bonchev–Trinajstić information content (AvgIpc) is 3.07. The van der Waals surface area contributed by atoms with Gasteiger partial charge in [-0.25, -0.2) is 8.78 Å². The predicted octanol–water partition coefficient (Wildman–Crippen LogP) is 3.92. The first kappa shape index (κ1) is 18.4. The second kappa shape index (κ2) is 7.55. The SMILES string of the molecule is NC(=O)c1cc(COc2ccc3oc(Nc4cc(F)cc(F)c4)nc3c2)ccn1. The van der Waals surface area contributed by atoms with E-state index >= 15 is 0 Å². The Labute approximate surface area is 163 Å². The maximum Gasteiger partial charge on any atom is 0.300 e. The number of ether oxygens (including phenoxy) is 1. The fraction of sp³-hybridized carbons (Fsp3) is 0.0500. The summed E-state index contributed by atoms with van der Waals surface area (Å²) in [5.41, 5.74) is 7.24. The van der Waals surface area contributed by atoms with Crippen molar-refractivity contribution in [3.63, 3.8) is 0 Å². The number of aromatic nitrogens is 2. The molecule has 7 nitrogen and oxygen atoms in total. The van der Waals surface area contributed by atoms with Gasteiger partial charge in [-0.1, -0.05) is 0 Å². The molecule has 2 heterocycles. The summed E-state index contributed by atoms with van der Waals surface area (Å²) in [6, 6.07) is 11.4. The third-order valence-electron chi connectivity index (χ3n) is 3.96. The molecule has 0 unspecified atom stereocenters. The Balaban J connectivity index is 1.49. The van der Waals surface area contributed by atoms with E-state index in [1.165, 1.54) is 6.20 Å². The van der Waals surface area contributed by atoms with E-state index in [4.69, 9.17) is 14.9 Å². The number of fused-ring (bicyclic) bond motifs is 1. The molecule has 4 rings (SSSR count). The number of nitrogens with two attached hydrogens (primary N) is 1. The second-order valence-electron chi connectivity index (χ2n) is 6.13. The minimum atomic E-state index is -0.713. The van der Waals surface area contributed by atoms with Gasteiger partial charge in [0, 0.05) is 24.0 Å². The molecule has 9 heteroatoms. The molecule has 0 aliphatic rings. The van der Waals surface area contributed by atoms with Crippen LogP contribution < -0.4 is 15.8 Å². The summed E-state index contributed by atoms with van der Waals surface area (Å²) in [6.07, 6.45) is 1.48. The Morgan fingerprint density at radius 2 is 1.90 bits per heavy atom. The topological polar surface area (TPSA) is 103 Å². The first-order chi connectivity index (χ1) is 14.0. The van der Waals surface area contributed by atoms with Gasteiger partial charge >= 0.3 is 0 Å². The lowest BCUT2D eigenvalue weighted by molar-refractivity contribution is 0.0995. The Morgan fingerprint density at radius 3 is 2.66 bits per heavy atom. The van der Waals surface area contributed by atoms with Crippen LogP contribution in [0.1, 0.15) is 16.1 Å². The number of carbonyl (C=O) groups excluding carboxylic acids is 1.